The zero-order valence-corrected chi connectivity index (χ0v) is 13.4. The summed E-state index contributed by atoms with van der Waals surface area (Å²) in [4.78, 5) is 17.6. The van der Waals surface area contributed by atoms with Crippen LogP contribution in [0.5, 0.6) is 0 Å². The van der Waals surface area contributed by atoms with Gasteiger partial charge in [0.2, 0.25) is 5.91 Å². The molecule has 0 atom stereocenters. The lowest BCUT2D eigenvalue weighted by atomic mass is 10.3. The number of halogens is 1. The van der Waals surface area contributed by atoms with Crippen molar-refractivity contribution < 1.29 is 4.79 Å². The number of hydrogen-bond donors (Lipinski definition) is 0. The predicted octanol–water partition coefficient (Wildman–Crippen LogP) is 2.99. The first kappa shape index (κ1) is 15.7. The Kier molecular flexibility index (Phi) is 6.20. The summed E-state index contributed by atoms with van der Waals surface area (Å²) in [5.74, 6) is 0.684. The molecule has 20 heavy (non-hydrogen) atoms. The van der Waals surface area contributed by atoms with Crippen LogP contribution in [0.3, 0.4) is 0 Å². The van der Waals surface area contributed by atoms with Crippen LogP contribution in [0, 0.1) is 0 Å². The van der Waals surface area contributed by atoms with Crippen LogP contribution >= 0.6 is 23.4 Å². The molecule has 0 aliphatic carbocycles. The molecule has 1 aromatic rings. The van der Waals surface area contributed by atoms with Gasteiger partial charge < -0.3 is 4.90 Å². The highest BCUT2D eigenvalue weighted by Gasteiger charge is 2.20. The maximum atomic E-state index is 12.2. The SMILES string of the molecule is CCCN1CCN(C(=O)CSc2ccccc2Cl)CC1. The van der Waals surface area contributed by atoms with Crippen molar-refractivity contribution in [1.82, 2.24) is 9.80 Å². The van der Waals surface area contributed by atoms with Crippen LogP contribution in [0.1, 0.15) is 13.3 Å². The highest BCUT2D eigenvalue weighted by molar-refractivity contribution is 8.00. The molecule has 110 valence electrons. The lowest BCUT2D eigenvalue weighted by molar-refractivity contribution is -0.130. The van der Waals surface area contributed by atoms with Crippen molar-refractivity contribution in [2.45, 2.75) is 18.2 Å². The van der Waals surface area contributed by atoms with Crippen LogP contribution in [-0.2, 0) is 4.79 Å². The second-order valence-corrected chi connectivity index (χ2v) is 6.37. The van der Waals surface area contributed by atoms with Gasteiger partial charge in [0.05, 0.1) is 10.8 Å². The molecule has 3 nitrogen and oxygen atoms in total. The van der Waals surface area contributed by atoms with Gasteiger partial charge in [0.1, 0.15) is 0 Å². The van der Waals surface area contributed by atoms with Gasteiger partial charge in [-0.3, -0.25) is 9.69 Å². The normalized spacial score (nSPS) is 16.4. The lowest BCUT2D eigenvalue weighted by Crippen LogP contribution is -2.49. The summed E-state index contributed by atoms with van der Waals surface area (Å²) < 4.78 is 0. The fraction of sp³-hybridized carbons (Fsp3) is 0.533. The molecule has 0 aromatic heterocycles. The van der Waals surface area contributed by atoms with E-state index < -0.39 is 0 Å². The van der Waals surface area contributed by atoms with E-state index in [2.05, 4.69) is 11.8 Å². The summed E-state index contributed by atoms with van der Waals surface area (Å²) in [7, 11) is 0. The first-order valence-electron chi connectivity index (χ1n) is 7.08. The van der Waals surface area contributed by atoms with Gasteiger partial charge in [0, 0.05) is 31.1 Å². The van der Waals surface area contributed by atoms with Gasteiger partial charge in [0.15, 0.2) is 0 Å². The number of hydrogen-bond acceptors (Lipinski definition) is 3. The molecule has 2 rings (SSSR count). The molecule has 1 aliphatic heterocycles. The Hall–Kier alpha value is -0.710. The van der Waals surface area contributed by atoms with E-state index in [1.54, 1.807) is 0 Å². The number of amides is 1. The Balaban J connectivity index is 1.77. The molecule has 1 saturated heterocycles. The van der Waals surface area contributed by atoms with Gasteiger partial charge in [-0.25, -0.2) is 0 Å². The minimum absolute atomic E-state index is 0.214. The van der Waals surface area contributed by atoms with Crippen LogP contribution in [-0.4, -0.2) is 54.2 Å². The van der Waals surface area contributed by atoms with E-state index in [1.807, 2.05) is 29.2 Å². The average Bonchev–Trinajstić information content (AvgIpc) is 2.47. The minimum atomic E-state index is 0.214. The summed E-state index contributed by atoms with van der Waals surface area (Å²) in [5.41, 5.74) is 0. The number of thioether (sulfide) groups is 1. The topological polar surface area (TPSA) is 23.6 Å². The number of carbonyl (C=O) groups is 1. The third-order valence-electron chi connectivity index (χ3n) is 3.45. The summed E-state index contributed by atoms with van der Waals surface area (Å²) in [6, 6.07) is 7.67. The predicted molar refractivity (Wildman–Crippen MR) is 85.5 cm³/mol. The van der Waals surface area contributed by atoms with Crippen LogP contribution in [0.15, 0.2) is 29.2 Å². The fourth-order valence-electron chi connectivity index (χ4n) is 2.33. The zero-order valence-electron chi connectivity index (χ0n) is 11.8. The van der Waals surface area contributed by atoms with Crippen molar-refractivity contribution in [1.29, 1.82) is 0 Å². The van der Waals surface area contributed by atoms with Gasteiger partial charge in [0.25, 0.3) is 0 Å². The quantitative estimate of drug-likeness (QED) is 0.781. The van der Waals surface area contributed by atoms with Crippen LogP contribution in [0.25, 0.3) is 0 Å². The standard InChI is InChI=1S/C15H21ClN2OS/c1-2-7-17-8-10-18(11-9-17)15(19)12-20-14-6-4-3-5-13(14)16/h3-6H,2,7-12H2,1H3. The average molecular weight is 313 g/mol. The molecular weight excluding hydrogens is 292 g/mol. The number of benzene rings is 1. The second-order valence-electron chi connectivity index (χ2n) is 4.94. The molecule has 0 spiro atoms. The van der Waals surface area contributed by atoms with Crippen molar-refractivity contribution >= 4 is 29.3 Å². The molecule has 1 aliphatic rings. The van der Waals surface area contributed by atoms with E-state index in [4.69, 9.17) is 11.6 Å². The van der Waals surface area contributed by atoms with Crippen molar-refractivity contribution in [3.8, 4) is 0 Å². The highest BCUT2D eigenvalue weighted by atomic mass is 35.5. The van der Waals surface area contributed by atoms with Crippen molar-refractivity contribution in [2.75, 3.05) is 38.5 Å². The lowest BCUT2D eigenvalue weighted by Gasteiger charge is -2.34. The van der Waals surface area contributed by atoms with E-state index in [-0.39, 0.29) is 5.91 Å². The van der Waals surface area contributed by atoms with E-state index in [9.17, 15) is 4.79 Å². The smallest absolute Gasteiger partial charge is 0.233 e. The first-order chi connectivity index (χ1) is 9.70. The van der Waals surface area contributed by atoms with Gasteiger partial charge in [-0.2, -0.15) is 0 Å². The minimum Gasteiger partial charge on any atom is -0.339 e. The summed E-state index contributed by atoms with van der Waals surface area (Å²) in [6.07, 6.45) is 1.18. The largest absolute Gasteiger partial charge is 0.339 e. The Bertz CT molecular complexity index is 447. The van der Waals surface area contributed by atoms with Gasteiger partial charge in [-0.15, -0.1) is 11.8 Å². The Labute approximate surface area is 130 Å². The summed E-state index contributed by atoms with van der Waals surface area (Å²) in [6.45, 7) is 7.02. The maximum Gasteiger partial charge on any atom is 0.233 e. The molecule has 1 fully saturated rings. The molecular formula is C15H21ClN2OS. The van der Waals surface area contributed by atoms with Crippen molar-refractivity contribution in [2.24, 2.45) is 0 Å². The Morgan fingerprint density at radius 3 is 2.60 bits per heavy atom. The van der Waals surface area contributed by atoms with Crippen LogP contribution in [0.4, 0.5) is 0 Å². The molecule has 0 saturated carbocycles. The molecule has 0 radical (unpaired) electrons. The molecule has 1 heterocycles. The fourth-order valence-corrected chi connectivity index (χ4v) is 3.47. The molecule has 1 aromatic carbocycles. The van der Waals surface area contributed by atoms with Crippen molar-refractivity contribution in [3.05, 3.63) is 29.3 Å². The maximum absolute atomic E-state index is 12.2. The first-order valence-corrected chi connectivity index (χ1v) is 8.44. The van der Waals surface area contributed by atoms with Gasteiger partial charge in [-0.1, -0.05) is 30.7 Å². The molecule has 0 unspecified atom stereocenters. The highest BCUT2D eigenvalue weighted by Crippen LogP contribution is 2.26. The van der Waals surface area contributed by atoms with E-state index in [0.717, 1.165) is 42.6 Å². The summed E-state index contributed by atoms with van der Waals surface area (Å²) in [5, 5.41) is 0.720. The number of rotatable bonds is 5. The number of piperazine rings is 1. The zero-order chi connectivity index (χ0) is 14.4. The van der Waals surface area contributed by atoms with Crippen LogP contribution in [0.2, 0.25) is 5.02 Å². The Morgan fingerprint density at radius 2 is 1.95 bits per heavy atom. The monoisotopic (exact) mass is 312 g/mol. The molecule has 5 heteroatoms. The van der Waals surface area contributed by atoms with Crippen LogP contribution < -0.4 is 0 Å². The molecule has 0 bridgehead atoms. The van der Waals surface area contributed by atoms with E-state index in [0.29, 0.717) is 5.75 Å². The van der Waals surface area contributed by atoms with Gasteiger partial charge in [-0.05, 0) is 25.1 Å². The second kappa shape index (κ2) is 7.91. The summed E-state index contributed by atoms with van der Waals surface area (Å²) >= 11 is 7.62. The Morgan fingerprint density at radius 1 is 1.25 bits per heavy atom. The third kappa shape index (κ3) is 4.40. The molecule has 1 amide bonds. The van der Waals surface area contributed by atoms with E-state index >= 15 is 0 Å². The third-order valence-corrected chi connectivity index (χ3v) is 4.95. The number of carbonyl (C=O) groups excluding carboxylic acids is 1. The van der Waals surface area contributed by atoms with E-state index in [1.165, 1.54) is 18.2 Å². The number of nitrogens with zero attached hydrogens (tertiary/aromatic N) is 2. The van der Waals surface area contributed by atoms with Crippen molar-refractivity contribution in [3.63, 3.8) is 0 Å². The molecule has 0 N–H and O–H groups in total. The van der Waals surface area contributed by atoms with Gasteiger partial charge >= 0.3 is 0 Å².